The molecule has 2 heterocycles. The minimum Gasteiger partial charge on any atom is -0.384 e. The van der Waals surface area contributed by atoms with Gasteiger partial charge in [-0.05, 0) is 36.1 Å². The molecular formula is C22H22N2O2S2. The molecule has 1 unspecified atom stereocenters. The van der Waals surface area contributed by atoms with Gasteiger partial charge >= 0.3 is 0 Å². The average Bonchev–Trinajstić information content (AvgIpc) is 3.38. The number of aliphatic hydroxyl groups excluding tert-OH is 1. The SMILES string of the molecule is O=C1CC[C@@H](CCSc2nccs2)N1c1cccc(C(O)c2ccccc2)c1. The third kappa shape index (κ3) is 4.29. The highest BCUT2D eigenvalue weighted by Crippen LogP contribution is 2.33. The van der Waals surface area contributed by atoms with Crippen molar-refractivity contribution in [1.29, 1.82) is 0 Å². The number of aliphatic hydroxyl groups is 1. The Morgan fingerprint density at radius 3 is 2.79 bits per heavy atom. The Morgan fingerprint density at radius 1 is 1.18 bits per heavy atom. The van der Waals surface area contributed by atoms with E-state index in [4.69, 9.17) is 0 Å². The van der Waals surface area contributed by atoms with Crippen LogP contribution in [0.2, 0.25) is 0 Å². The van der Waals surface area contributed by atoms with Crippen LogP contribution in [0.5, 0.6) is 0 Å². The smallest absolute Gasteiger partial charge is 0.227 e. The molecule has 1 aliphatic rings. The van der Waals surface area contributed by atoms with Crippen LogP contribution in [0.25, 0.3) is 0 Å². The number of nitrogens with zero attached hydrogens (tertiary/aromatic N) is 2. The molecule has 1 saturated heterocycles. The Labute approximate surface area is 173 Å². The van der Waals surface area contributed by atoms with Crippen molar-refractivity contribution in [2.24, 2.45) is 0 Å². The van der Waals surface area contributed by atoms with Crippen molar-refractivity contribution in [2.45, 2.75) is 35.7 Å². The van der Waals surface area contributed by atoms with Gasteiger partial charge in [-0.15, -0.1) is 11.3 Å². The molecule has 1 N–H and O–H groups in total. The first kappa shape index (κ1) is 19.2. The number of anilines is 1. The zero-order valence-electron chi connectivity index (χ0n) is 15.4. The number of benzene rings is 2. The number of amides is 1. The summed E-state index contributed by atoms with van der Waals surface area (Å²) in [5.41, 5.74) is 2.53. The van der Waals surface area contributed by atoms with Crippen molar-refractivity contribution >= 4 is 34.7 Å². The Morgan fingerprint density at radius 2 is 2.00 bits per heavy atom. The fourth-order valence-corrected chi connectivity index (χ4v) is 5.36. The van der Waals surface area contributed by atoms with Gasteiger partial charge in [0.1, 0.15) is 10.4 Å². The summed E-state index contributed by atoms with van der Waals surface area (Å²) in [6.07, 6.45) is 3.52. The van der Waals surface area contributed by atoms with Crippen LogP contribution < -0.4 is 4.90 Å². The van der Waals surface area contributed by atoms with Crippen LogP contribution in [0.1, 0.15) is 36.5 Å². The van der Waals surface area contributed by atoms with Gasteiger partial charge in [-0.3, -0.25) is 4.79 Å². The molecule has 1 aromatic heterocycles. The van der Waals surface area contributed by atoms with E-state index in [1.165, 1.54) is 0 Å². The lowest BCUT2D eigenvalue weighted by atomic mass is 10.0. The zero-order chi connectivity index (χ0) is 19.3. The summed E-state index contributed by atoms with van der Waals surface area (Å²) in [7, 11) is 0. The second-order valence-electron chi connectivity index (χ2n) is 6.80. The van der Waals surface area contributed by atoms with E-state index in [9.17, 15) is 9.90 Å². The molecule has 1 aliphatic heterocycles. The minimum absolute atomic E-state index is 0.163. The molecule has 1 fully saturated rings. The van der Waals surface area contributed by atoms with Gasteiger partial charge in [-0.2, -0.15) is 0 Å². The van der Waals surface area contributed by atoms with Gasteiger partial charge in [-0.1, -0.05) is 54.2 Å². The molecule has 3 aromatic rings. The Bertz CT molecular complexity index is 915. The van der Waals surface area contributed by atoms with Crippen LogP contribution in [0.3, 0.4) is 0 Å². The lowest BCUT2D eigenvalue weighted by Crippen LogP contribution is -2.33. The van der Waals surface area contributed by atoms with E-state index in [0.717, 1.165) is 39.7 Å². The maximum Gasteiger partial charge on any atom is 0.227 e. The van der Waals surface area contributed by atoms with Gasteiger partial charge < -0.3 is 10.0 Å². The third-order valence-electron chi connectivity index (χ3n) is 4.99. The van der Waals surface area contributed by atoms with Crippen LogP contribution in [-0.2, 0) is 4.79 Å². The molecule has 6 heteroatoms. The molecule has 28 heavy (non-hydrogen) atoms. The predicted molar refractivity (Wildman–Crippen MR) is 115 cm³/mol. The van der Waals surface area contributed by atoms with Gasteiger partial charge in [0.05, 0.1) is 0 Å². The first-order valence-corrected chi connectivity index (χ1v) is 11.3. The van der Waals surface area contributed by atoms with Gasteiger partial charge in [0, 0.05) is 35.5 Å². The molecule has 2 aromatic carbocycles. The van der Waals surface area contributed by atoms with E-state index in [1.54, 1.807) is 23.1 Å². The van der Waals surface area contributed by atoms with E-state index < -0.39 is 6.10 Å². The van der Waals surface area contributed by atoms with E-state index in [0.29, 0.717) is 6.42 Å². The summed E-state index contributed by atoms with van der Waals surface area (Å²) in [6.45, 7) is 0. The highest BCUT2D eigenvalue weighted by atomic mass is 32.2. The molecule has 4 nitrogen and oxygen atoms in total. The van der Waals surface area contributed by atoms with Crippen molar-refractivity contribution in [1.82, 2.24) is 4.98 Å². The molecule has 0 spiro atoms. The van der Waals surface area contributed by atoms with Crippen LogP contribution in [0, 0.1) is 0 Å². The summed E-state index contributed by atoms with van der Waals surface area (Å²) in [6, 6.07) is 17.5. The molecule has 1 amide bonds. The van der Waals surface area contributed by atoms with Gasteiger partial charge in [0.25, 0.3) is 0 Å². The van der Waals surface area contributed by atoms with E-state index in [2.05, 4.69) is 4.98 Å². The largest absolute Gasteiger partial charge is 0.384 e. The fourth-order valence-electron chi connectivity index (χ4n) is 3.61. The monoisotopic (exact) mass is 410 g/mol. The molecule has 0 aliphatic carbocycles. The lowest BCUT2D eigenvalue weighted by Gasteiger charge is -2.26. The number of hydrogen-bond acceptors (Lipinski definition) is 5. The molecule has 144 valence electrons. The third-order valence-corrected chi connectivity index (χ3v) is 6.99. The van der Waals surface area contributed by atoms with E-state index >= 15 is 0 Å². The highest BCUT2D eigenvalue weighted by molar-refractivity contribution is 8.00. The Kier molecular flexibility index (Phi) is 6.10. The average molecular weight is 411 g/mol. The Hall–Kier alpha value is -2.15. The van der Waals surface area contributed by atoms with Crippen molar-refractivity contribution < 1.29 is 9.90 Å². The summed E-state index contributed by atoms with van der Waals surface area (Å²) >= 11 is 3.40. The number of rotatable bonds is 7. The molecule has 0 radical (unpaired) electrons. The molecular weight excluding hydrogens is 388 g/mol. The van der Waals surface area contributed by atoms with Gasteiger partial charge in [0.2, 0.25) is 5.91 Å². The van der Waals surface area contributed by atoms with Crippen LogP contribution in [0.15, 0.2) is 70.5 Å². The number of carbonyl (C=O) groups excluding carboxylic acids is 1. The first-order chi connectivity index (χ1) is 13.7. The number of thioether (sulfide) groups is 1. The fraction of sp³-hybridized carbons (Fsp3) is 0.273. The zero-order valence-corrected chi connectivity index (χ0v) is 17.0. The maximum atomic E-state index is 12.6. The number of aromatic nitrogens is 1. The number of thiazole rings is 1. The summed E-state index contributed by atoms with van der Waals surface area (Å²) in [4.78, 5) is 18.8. The van der Waals surface area contributed by atoms with Crippen LogP contribution in [0.4, 0.5) is 5.69 Å². The second-order valence-corrected chi connectivity index (χ2v) is 9.04. The molecule has 0 saturated carbocycles. The maximum absolute atomic E-state index is 12.6. The van der Waals surface area contributed by atoms with Crippen molar-refractivity contribution in [3.63, 3.8) is 0 Å². The summed E-state index contributed by atoms with van der Waals surface area (Å²) in [5, 5.41) is 12.7. The van der Waals surface area contributed by atoms with Gasteiger partial charge in [0.15, 0.2) is 0 Å². The normalized spacial score (nSPS) is 17.8. The minimum atomic E-state index is -0.697. The topological polar surface area (TPSA) is 53.4 Å². The number of carbonyl (C=O) groups is 1. The van der Waals surface area contributed by atoms with Crippen LogP contribution in [-0.4, -0.2) is 27.8 Å². The second kappa shape index (κ2) is 8.90. The first-order valence-electron chi connectivity index (χ1n) is 9.39. The van der Waals surface area contributed by atoms with Crippen molar-refractivity contribution in [3.05, 3.63) is 77.3 Å². The highest BCUT2D eigenvalue weighted by Gasteiger charge is 2.32. The molecule has 4 rings (SSSR count). The van der Waals surface area contributed by atoms with Crippen molar-refractivity contribution in [3.8, 4) is 0 Å². The standard InChI is InChI=1S/C22H22N2O2S2/c25-20-10-9-18(11-13-27-22-23-12-14-28-22)24(20)19-8-4-7-17(15-19)21(26)16-5-2-1-3-6-16/h1-8,12,14-15,18,21,26H,9-11,13H2/t18-,21?/m0/s1. The quantitative estimate of drug-likeness (QED) is 0.563. The van der Waals surface area contributed by atoms with E-state index in [-0.39, 0.29) is 11.9 Å². The summed E-state index contributed by atoms with van der Waals surface area (Å²) in [5.74, 6) is 1.10. The molecule has 0 bridgehead atoms. The number of hydrogen-bond donors (Lipinski definition) is 1. The molecule has 2 atom stereocenters. The van der Waals surface area contributed by atoms with Crippen LogP contribution >= 0.6 is 23.1 Å². The lowest BCUT2D eigenvalue weighted by molar-refractivity contribution is -0.117. The summed E-state index contributed by atoms with van der Waals surface area (Å²) < 4.78 is 1.07. The van der Waals surface area contributed by atoms with Crippen molar-refractivity contribution in [2.75, 3.05) is 10.7 Å². The van der Waals surface area contributed by atoms with E-state index in [1.807, 2.05) is 71.1 Å². The predicted octanol–water partition coefficient (Wildman–Crippen LogP) is 4.90. The Balaban J connectivity index is 1.49. The van der Waals surface area contributed by atoms with Gasteiger partial charge in [-0.25, -0.2) is 4.98 Å².